The lowest BCUT2D eigenvalue weighted by Gasteiger charge is -2.32. The van der Waals surface area contributed by atoms with E-state index < -0.39 is 0 Å². The number of carbonyl (C=O) groups excluding carboxylic acids is 1. The standard InChI is InChI=1S/C15H19N3O2S/c19-15(14-5-7-20-17-14)16-9-12-3-1-6-18(10-12)11-13-4-2-8-21-13/h2,4-5,7-8,12H,1,3,6,9-11H2,(H,16,19). The summed E-state index contributed by atoms with van der Waals surface area (Å²) in [4.78, 5) is 15.7. The topological polar surface area (TPSA) is 58.4 Å². The molecule has 5 nitrogen and oxygen atoms in total. The van der Waals surface area contributed by atoms with Crippen LogP contribution in [0.2, 0.25) is 0 Å². The van der Waals surface area contributed by atoms with Gasteiger partial charge in [0.1, 0.15) is 6.26 Å². The summed E-state index contributed by atoms with van der Waals surface area (Å²) < 4.78 is 4.69. The highest BCUT2D eigenvalue weighted by Crippen LogP contribution is 2.20. The molecule has 2 aromatic heterocycles. The average Bonchev–Trinajstić information content (AvgIpc) is 3.18. The molecule has 1 fully saturated rings. The zero-order valence-corrected chi connectivity index (χ0v) is 12.6. The Kier molecular flexibility index (Phi) is 4.67. The number of nitrogens with one attached hydrogen (secondary N) is 1. The maximum absolute atomic E-state index is 11.8. The van der Waals surface area contributed by atoms with Crippen LogP contribution in [0, 0.1) is 5.92 Å². The zero-order chi connectivity index (χ0) is 14.5. The second-order valence-corrected chi connectivity index (χ2v) is 6.45. The van der Waals surface area contributed by atoms with Gasteiger partial charge >= 0.3 is 0 Å². The predicted molar refractivity (Wildman–Crippen MR) is 81.2 cm³/mol. The van der Waals surface area contributed by atoms with Gasteiger partial charge < -0.3 is 9.84 Å². The Balaban J connectivity index is 1.46. The molecule has 1 aliphatic heterocycles. The summed E-state index contributed by atoms with van der Waals surface area (Å²) >= 11 is 1.80. The molecular formula is C15H19N3O2S. The van der Waals surface area contributed by atoms with Gasteiger partial charge in [-0.15, -0.1) is 11.3 Å². The van der Waals surface area contributed by atoms with E-state index in [9.17, 15) is 4.79 Å². The number of thiophene rings is 1. The second kappa shape index (κ2) is 6.87. The number of likely N-dealkylation sites (tertiary alicyclic amines) is 1. The molecule has 3 heterocycles. The average molecular weight is 305 g/mol. The van der Waals surface area contributed by atoms with E-state index in [2.05, 4.69) is 37.4 Å². The van der Waals surface area contributed by atoms with E-state index in [1.165, 1.54) is 24.0 Å². The number of nitrogens with zero attached hydrogens (tertiary/aromatic N) is 2. The highest BCUT2D eigenvalue weighted by Gasteiger charge is 2.21. The molecule has 1 N–H and O–H groups in total. The molecule has 0 radical (unpaired) electrons. The first kappa shape index (κ1) is 14.3. The minimum atomic E-state index is -0.154. The summed E-state index contributed by atoms with van der Waals surface area (Å²) in [6, 6.07) is 5.86. The third-order valence-electron chi connectivity index (χ3n) is 3.78. The van der Waals surface area contributed by atoms with Crippen molar-refractivity contribution in [3.8, 4) is 0 Å². The molecule has 6 heteroatoms. The Labute approximate surface area is 127 Å². The van der Waals surface area contributed by atoms with E-state index in [-0.39, 0.29) is 5.91 Å². The second-order valence-electron chi connectivity index (χ2n) is 5.42. The molecule has 0 saturated carbocycles. The highest BCUT2D eigenvalue weighted by atomic mass is 32.1. The van der Waals surface area contributed by atoms with Gasteiger partial charge in [-0.2, -0.15) is 0 Å². The molecule has 1 atom stereocenters. The quantitative estimate of drug-likeness (QED) is 0.921. The van der Waals surface area contributed by atoms with Gasteiger partial charge in [0.15, 0.2) is 5.69 Å². The van der Waals surface area contributed by atoms with E-state index in [1.54, 1.807) is 17.4 Å². The van der Waals surface area contributed by atoms with Crippen LogP contribution in [0.5, 0.6) is 0 Å². The fourth-order valence-electron chi connectivity index (χ4n) is 2.74. The summed E-state index contributed by atoms with van der Waals surface area (Å²) in [5.41, 5.74) is 0.348. The molecule has 21 heavy (non-hydrogen) atoms. The number of aromatic nitrogens is 1. The number of carbonyl (C=O) groups is 1. The molecule has 0 spiro atoms. The Morgan fingerprint density at radius 3 is 3.24 bits per heavy atom. The number of hydrogen-bond acceptors (Lipinski definition) is 5. The monoisotopic (exact) mass is 305 g/mol. The van der Waals surface area contributed by atoms with E-state index in [0.29, 0.717) is 18.2 Å². The Hall–Kier alpha value is -1.66. The van der Waals surface area contributed by atoms with Crippen molar-refractivity contribution < 1.29 is 9.32 Å². The number of piperidine rings is 1. The minimum Gasteiger partial charge on any atom is -0.364 e. The number of rotatable bonds is 5. The van der Waals surface area contributed by atoms with Crippen LogP contribution in [0.15, 0.2) is 34.4 Å². The van der Waals surface area contributed by atoms with Crippen LogP contribution >= 0.6 is 11.3 Å². The zero-order valence-electron chi connectivity index (χ0n) is 11.8. The van der Waals surface area contributed by atoms with Crippen LogP contribution in [0.4, 0.5) is 0 Å². The normalized spacial score (nSPS) is 19.5. The van der Waals surface area contributed by atoms with Crippen molar-refractivity contribution in [2.24, 2.45) is 5.92 Å². The summed E-state index contributed by atoms with van der Waals surface area (Å²) in [6.45, 7) is 3.90. The molecule has 0 bridgehead atoms. The SMILES string of the molecule is O=C(NCC1CCCN(Cc2cccs2)C1)c1ccon1. The van der Waals surface area contributed by atoms with Crippen LogP contribution in [0.3, 0.4) is 0 Å². The molecule has 1 saturated heterocycles. The molecule has 0 aliphatic carbocycles. The Morgan fingerprint density at radius 2 is 2.48 bits per heavy atom. The first-order chi connectivity index (χ1) is 10.3. The lowest BCUT2D eigenvalue weighted by Crippen LogP contribution is -2.40. The molecule has 3 rings (SSSR count). The molecule has 112 valence electrons. The van der Waals surface area contributed by atoms with Crippen molar-refractivity contribution in [3.63, 3.8) is 0 Å². The van der Waals surface area contributed by atoms with Crippen LogP contribution in [0.25, 0.3) is 0 Å². The van der Waals surface area contributed by atoms with Gasteiger partial charge in [0.05, 0.1) is 0 Å². The molecule has 1 unspecified atom stereocenters. The van der Waals surface area contributed by atoms with Crippen LogP contribution in [0.1, 0.15) is 28.2 Å². The molecule has 1 amide bonds. The van der Waals surface area contributed by atoms with Gasteiger partial charge in [0, 0.05) is 30.6 Å². The van der Waals surface area contributed by atoms with E-state index in [0.717, 1.165) is 19.6 Å². The number of amides is 1. The lowest BCUT2D eigenvalue weighted by molar-refractivity contribution is 0.0922. The third kappa shape index (κ3) is 3.92. The van der Waals surface area contributed by atoms with Crippen molar-refractivity contribution >= 4 is 17.2 Å². The summed E-state index contributed by atoms with van der Waals surface area (Å²) in [6.07, 6.45) is 3.77. The fourth-order valence-corrected chi connectivity index (χ4v) is 3.49. The summed E-state index contributed by atoms with van der Waals surface area (Å²) in [5.74, 6) is 0.355. The summed E-state index contributed by atoms with van der Waals surface area (Å²) in [7, 11) is 0. The molecule has 2 aromatic rings. The largest absolute Gasteiger partial charge is 0.364 e. The predicted octanol–water partition coefficient (Wildman–Crippen LogP) is 2.38. The first-order valence-electron chi connectivity index (χ1n) is 7.24. The van der Waals surface area contributed by atoms with E-state index in [1.807, 2.05) is 0 Å². The third-order valence-corrected chi connectivity index (χ3v) is 4.65. The van der Waals surface area contributed by atoms with E-state index >= 15 is 0 Å². The van der Waals surface area contributed by atoms with Gasteiger partial charge in [-0.05, 0) is 36.8 Å². The molecular weight excluding hydrogens is 286 g/mol. The fraction of sp³-hybridized carbons (Fsp3) is 0.467. The minimum absolute atomic E-state index is 0.154. The van der Waals surface area contributed by atoms with E-state index in [4.69, 9.17) is 0 Å². The van der Waals surface area contributed by atoms with Crippen molar-refractivity contribution in [2.45, 2.75) is 19.4 Å². The van der Waals surface area contributed by atoms with Crippen molar-refractivity contribution in [1.82, 2.24) is 15.4 Å². The smallest absolute Gasteiger partial charge is 0.273 e. The molecule has 1 aliphatic rings. The maximum atomic E-state index is 11.8. The van der Waals surface area contributed by atoms with Crippen molar-refractivity contribution in [3.05, 3.63) is 40.4 Å². The van der Waals surface area contributed by atoms with Gasteiger partial charge in [-0.25, -0.2) is 0 Å². The van der Waals surface area contributed by atoms with Crippen molar-refractivity contribution in [2.75, 3.05) is 19.6 Å². The lowest BCUT2D eigenvalue weighted by atomic mass is 9.98. The van der Waals surface area contributed by atoms with Crippen molar-refractivity contribution in [1.29, 1.82) is 0 Å². The van der Waals surface area contributed by atoms with Crippen LogP contribution in [-0.2, 0) is 6.54 Å². The molecule has 0 aromatic carbocycles. The van der Waals surface area contributed by atoms with Gasteiger partial charge in [0.25, 0.3) is 5.91 Å². The highest BCUT2D eigenvalue weighted by molar-refractivity contribution is 7.09. The number of hydrogen-bond donors (Lipinski definition) is 1. The maximum Gasteiger partial charge on any atom is 0.273 e. The van der Waals surface area contributed by atoms with Gasteiger partial charge in [-0.3, -0.25) is 9.69 Å². The summed E-state index contributed by atoms with van der Waals surface area (Å²) in [5, 5.41) is 8.72. The van der Waals surface area contributed by atoms with Crippen LogP contribution in [-0.4, -0.2) is 35.6 Å². The first-order valence-corrected chi connectivity index (χ1v) is 8.12. The van der Waals surface area contributed by atoms with Gasteiger partial charge in [-0.1, -0.05) is 11.2 Å². The van der Waals surface area contributed by atoms with Crippen LogP contribution < -0.4 is 5.32 Å². The van der Waals surface area contributed by atoms with Gasteiger partial charge in [0.2, 0.25) is 0 Å². The Bertz CT molecular complexity index is 554. The Morgan fingerprint density at radius 1 is 1.52 bits per heavy atom.